The molecular formula is C42H29FN2. The van der Waals surface area contributed by atoms with Gasteiger partial charge in [-0.1, -0.05) is 91.0 Å². The van der Waals surface area contributed by atoms with Crippen LogP contribution in [0.25, 0.3) is 49.7 Å². The first kappa shape index (κ1) is 26.7. The van der Waals surface area contributed by atoms with Gasteiger partial charge in [-0.3, -0.25) is 0 Å². The molecule has 1 aromatic heterocycles. The lowest BCUT2D eigenvalue weighted by Crippen LogP contribution is -2.09. The van der Waals surface area contributed by atoms with Gasteiger partial charge in [0.05, 0.1) is 11.0 Å². The molecule has 0 unspecified atom stereocenters. The second kappa shape index (κ2) is 11.3. The van der Waals surface area contributed by atoms with Crippen molar-refractivity contribution in [3.63, 3.8) is 0 Å². The van der Waals surface area contributed by atoms with E-state index in [-0.39, 0.29) is 5.82 Å². The summed E-state index contributed by atoms with van der Waals surface area (Å²) in [4.78, 5) is 2.14. The summed E-state index contributed by atoms with van der Waals surface area (Å²) in [7, 11) is 0. The molecule has 2 nitrogen and oxygen atoms in total. The van der Waals surface area contributed by atoms with Gasteiger partial charge in [0.15, 0.2) is 0 Å². The summed E-state index contributed by atoms with van der Waals surface area (Å²) in [6.45, 7) is 0. The van der Waals surface area contributed by atoms with E-state index in [9.17, 15) is 4.39 Å². The first-order chi connectivity index (χ1) is 22.2. The number of anilines is 3. The van der Waals surface area contributed by atoms with Crippen molar-refractivity contribution < 1.29 is 4.39 Å². The van der Waals surface area contributed by atoms with Crippen LogP contribution in [-0.2, 0) is 0 Å². The maximum Gasteiger partial charge on any atom is 0.123 e. The number of para-hydroxylation sites is 2. The van der Waals surface area contributed by atoms with E-state index in [4.69, 9.17) is 0 Å². The molecule has 0 fully saturated rings. The van der Waals surface area contributed by atoms with E-state index in [1.807, 2.05) is 30.3 Å². The van der Waals surface area contributed by atoms with E-state index >= 15 is 0 Å². The molecule has 214 valence electrons. The van der Waals surface area contributed by atoms with Crippen LogP contribution in [-0.4, -0.2) is 4.57 Å². The largest absolute Gasteiger partial charge is 0.311 e. The zero-order chi connectivity index (χ0) is 30.2. The third kappa shape index (κ3) is 4.95. The van der Waals surface area contributed by atoms with Gasteiger partial charge in [-0.15, -0.1) is 0 Å². The molecule has 0 atom stereocenters. The number of rotatable bonds is 6. The van der Waals surface area contributed by atoms with Crippen LogP contribution in [0.4, 0.5) is 21.5 Å². The number of hydrogen-bond acceptors (Lipinski definition) is 1. The quantitative estimate of drug-likeness (QED) is 0.190. The van der Waals surface area contributed by atoms with E-state index in [0.29, 0.717) is 0 Å². The molecule has 7 aromatic carbocycles. The average Bonchev–Trinajstić information content (AvgIpc) is 3.44. The Labute approximate surface area is 261 Å². The van der Waals surface area contributed by atoms with Crippen LogP contribution in [0.15, 0.2) is 176 Å². The molecule has 0 aliphatic heterocycles. The number of fused-ring (bicyclic) bond motifs is 3. The van der Waals surface area contributed by atoms with Crippen molar-refractivity contribution in [1.29, 1.82) is 0 Å². The Bertz CT molecular complexity index is 2240. The fourth-order valence-corrected chi connectivity index (χ4v) is 6.29. The van der Waals surface area contributed by atoms with Crippen LogP contribution < -0.4 is 4.90 Å². The highest BCUT2D eigenvalue weighted by Gasteiger charge is 2.16. The highest BCUT2D eigenvalue weighted by atomic mass is 19.1. The molecule has 0 radical (unpaired) electrons. The van der Waals surface area contributed by atoms with E-state index in [1.54, 1.807) is 0 Å². The Balaban J connectivity index is 1.25. The molecule has 0 aliphatic carbocycles. The van der Waals surface area contributed by atoms with E-state index in [0.717, 1.165) is 33.9 Å². The maximum absolute atomic E-state index is 13.8. The number of benzene rings is 7. The molecule has 0 saturated heterocycles. The third-order valence-corrected chi connectivity index (χ3v) is 8.44. The Kier molecular flexibility index (Phi) is 6.69. The molecule has 0 aliphatic rings. The van der Waals surface area contributed by atoms with Crippen molar-refractivity contribution in [3.8, 4) is 27.9 Å². The Morgan fingerprint density at radius 1 is 0.378 bits per heavy atom. The van der Waals surface area contributed by atoms with Crippen molar-refractivity contribution in [3.05, 3.63) is 182 Å². The van der Waals surface area contributed by atoms with Gasteiger partial charge in [0.25, 0.3) is 0 Å². The molecular weight excluding hydrogens is 551 g/mol. The first-order valence-corrected chi connectivity index (χ1v) is 15.1. The topological polar surface area (TPSA) is 8.17 Å². The van der Waals surface area contributed by atoms with E-state index in [2.05, 4.69) is 143 Å². The van der Waals surface area contributed by atoms with E-state index < -0.39 is 0 Å². The molecule has 0 bridgehead atoms. The molecule has 0 amide bonds. The summed E-state index contributed by atoms with van der Waals surface area (Å²) in [5, 5.41) is 2.44. The van der Waals surface area contributed by atoms with Crippen LogP contribution in [0.5, 0.6) is 0 Å². The molecule has 0 spiro atoms. The smallest absolute Gasteiger partial charge is 0.123 e. The molecule has 3 heteroatoms. The van der Waals surface area contributed by atoms with Gasteiger partial charge in [0.2, 0.25) is 0 Å². The van der Waals surface area contributed by atoms with Crippen LogP contribution >= 0.6 is 0 Å². The fraction of sp³-hybridized carbons (Fsp3) is 0. The van der Waals surface area contributed by atoms with Crippen molar-refractivity contribution in [2.24, 2.45) is 0 Å². The van der Waals surface area contributed by atoms with Crippen molar-refractivity contribution >= 4 is 38.9 Å². The third-order valence-electron chi connectivity index (χ3n) is 8.44. The first-order valence-electron chi connectivity index (χ1n) is 15.1. The highest BCUT2D eigenvalue weighted by Crippen LogP contribution is 2.39. The predicted octanol–water partition coefficient (Wildman–Crippen LogP) is 11.7. The molecule has 8 rings (SSSR count). The zero-order valence-electron chi connectivity index (χ0n) is 24.5. The number of aromatic nitrogens is 1. The second-order valence-electron chi connectivity index (χ2n) is 11.2. The number of halogens is 1. The van der Waals surface area contributed by atoms with Gasteiger partial charge >= 0.3 is 0 Å². The minimum Gasteiger partial charge on any atom is -0.311 e. The Morgan fingerprint density at radius 3 is 1.36 bits per heavy atom. The minimum absolute atomic E-state index is 0.248. The molecule has 45 heavy (non-hydrogen) atoms. The lowest BCUT2D eigenvalue weighted by Gasteiger charge is -2.25. The lowest BCUT2D eigenvalue weighted by atomic mass is 10.00. The van der Waals surface area contributed by atoms with Gasteiger partial charge in [0.1, 0.15) is 5.82 Å². The molecule has 8 aromatic rings. The zero-order valence-corrected chi connectivity index (χ0v) is 24.5. The Morgan fingerprint density at radius 2 is 0.800 bits per heavy atom. The van der Waals surface area contributed by atoms with Crippen molar-refractivity contribution in [2.75, 3.05) is 4.90 Å². The average molecular weight is 581 g/mol. The fourth-order valence-electron chi connectivity index (χ4n) is 6.29. The molecule has 0 N–H and O–H groups in total. The highest BCUT2D eigenvalue weighted by molar-refractivity contribution is 6.11. The monoisotopic (exact) mass is 580 g/mol. The summed E-state index contributed by atoms with van der Waals surface area (Å²) < 4.78 is 16.1. The predicted molar refractivity (Wildman–Crippen MR) is 186 cm³/mol. The molecule has 1 heterocycles. The van der Waals surface area contributed by atoms with Crippen LogP contribution in [0.3, 0.4) is 0 Å². The van der Waals surface area contributed by atoms with E-state index in [1.165, 1.54) is 45.1 Å². The standard InChI is InChI=1S/C42H29FN2/c43-34-20-24-38(25-21-34)44(35-12-6-2-7-13-35)37-22-16-31(17-23-37)33-19-27-42-40(29-33)39-28-32(30-10-4-1-5-11-30)18-26-41(39)45(42)36-14-8-3-9-15-36/h1-29H. The van der Waals surface area contributed by atoms with Crippen LogP contribution in [0.2, 0.25) is 0 Å². The number of nitrogens with zero attached hydrogens (tertiary/aromatic N) is 2. The Hall–Kier alpha value is -5.93. The van der Waals surface area contributed by atoms with Gasteiger partial charge in [-0.05, 0) is 107 Å². The second-order valence-corrected chi connectivity index (χ2v) is 11.2. The van der Waals surface area contributed by atoms with Gasteiger partial charge in [-0.25, -0.2) is 4.39 Å². The van der Waals surface area contributed by atoms with Crippen LogP contribution in [0, 0.1) is 5.82 Å². The van der Waals surface area contributed by atoms with Gasteiger partial charge in [-0.2, -0.15) is 0 Å². The normalized spacial score (nSPS) is 11.2. The van der Waals surface area contributed by atoms with Gasteiger partial charge in [0, 0.05) is 33.5 Å². The van der Waals surface area contributed by atoms with Crippen molar-refractivity contribution in [1.82, 2.24) is 4.57 Å². The van der Waals surface area contributed by atoms with Gasteiger partial charge < -0.3 is 9.47 Å². The summed E-state index contributed by atoms with van der Waals surface area (Å²) in [6, 6.07) is 60.1. The summed E-state index contributed by atoms with van der Waals surface area (Å²) >= 11 is 0. The lowest BCUT2D eigenvalue weighted by molar-refractivity contribution is 0.628. The summed E-state index contributed by atoms with van der Waals surface area (Å²) in [5.41, 5.74) is 11.1. The minimum atomic E-state index is -0.248. The van der Waals surface area contributed by atoms with Crippen molar-refractivity contribution in [2.45, 2.75) is 0 Å². The SMILES string of the molecule is Fc1ccc(N(c2ccccc2)c2ccc(-c3ccc4c(c3)c3cc(-c5ccccc5)ccc3n4-c3ccccc3)cc2)cc1. The summed E-state index contributed by atoms with van der Waals surface area (Å²) in [5.74, 6) is -0.248. The molecule has 0 saturated carbocycles. The summed E-state index contributed by atoms with van der Waals surface area (Å²) in [6.07, 6.45) is 0. The van der Waals surface area contributed by atoms with Crippen LogP contribution in [0.1, 0.15) is 0 Å². The number of hydrogen-bond donors (Lipinski definition) is 0. The maximum atomic E-state index is 13.8.